The van der Waals surface area contributed by atoms with Gasteiger partial charge in [-0.1, -0.05) is 0 Å². The van der Waals surface area contributed by atoms with Gasteiger partial charge in [0.2, 0.25) is 11.8 Å². The predicted octanol–water partition coefficient (Wildman–Crippen LogP) is -2.11. The van der Waals surface area contributed by atoms with E-state index in [0.29, 0.717) is 19.4 Å². The highest BCUT2D eigenvalue weighted by Crippen LogP contribution is 2.18. The zero-order chi connectivity index (χ0) is 14.6. The molecule has 8 heteroatoms. The lowest BCUT2D eigenvalue weighted by Gasteiger charge is -2.26. The number of carboxylic acid groups (broad SMARTS) is 1. The fourth-order valence-electron chi connectivity index (χ4n) is 1.98. The average Bonchev–Trinajstić information content (AvgIpc) is 2.83. The number of amides is 2. The highest BCUT2D eigenvalue weighted by molar-refractivity contribution is 5.92. The standard InChI is InChI=1S/C11H19N3O5/c1-6(12)9(16)13-7(5-15)10(17)14-4-2-3-8(14)11(18)19/h6-8,15H,2-5,12H2,1H3,(H,13,16)(H,18,19)/t6-,7-,8+/m0/s1. The Hall–Kier alpha value is -1.67. The minimum Gasteiger partial charge on any atom is -0.480 e. The van der Waals surface area contributed by atoms with Gasteiger partial charge < -0.3 is 26.2 Å². The Labute approximate surface area is 110 Å². The van der Waals surface area contributed by atoms with E-state index in [9.17, 15) is 14.4 Å². The largest absolute Gasteiger partial charge is 0.480 e. The molecule has 0 saturated carbocycles. The van der Waals surface area contributed by atoms with Crippen molar-refractivity contribution in [3.63, 3.8) is 0 Å². The number of aliphatic carboxylic acids is 1. The Balaban J connectivity index is 2.73. The molecule has 1 fully saturated rings. The summed E-state index contributed by atoms with van der Waals surface area (Å²) in [6.07, 6.45) is 0.961. The summed E-state index contributed by atoms with van der Waals surface area (Å²) in [5.41, 5.74) is 5.36. The lowest BCUT2D eigenvalue weighted by molar-refractivity contribution is -0.149. The van der Waals surface area contributed by atoms with E-state index < -0.39 is 42.5 Å². The Morgan fingerprint density at radius 2 is 2.11 bits per heavy atom. The Bertz CT molecular complexity index is 371. The van der Waals surface area contributed by atoms with Crippen molar-refractivity contribution in [1.29, 1.82) is 0 Å². The van der Waals surface area contributed by atoms with Crippen molar-refractivity contribution in [2.75, 3.05) is 13.2 Å². The molecule has 0 aromatic rings. The number of aliphatic hydroxyl groups excluding tert-OH is 1. The van der Waals surface area contributed by atoms with E-state index in [1.807, 2.05) is 0 Å². The van der Waals surface area contributed by atoms with E-state index in [2.05, 4.69) is 5.32 Å². The summed E-state index contributed by atoms with van der Waals surface area (Å²) in [7, 11) is 0. The molecule has 0 spiro atoms. The molecule has 3 atom stereocenters. The zero-order valence-electron chi connectivity index (χ0n) is 10.7. The summed E-state index contributed by atoms with van der Waals surface area (Å²) < 4.78 is 0. The maximum atomic E-state index is 12.1. The van der Waals surface area contributed by atoms with Crippen molar-refractivity contribution in [3.05, 3.63) is 0 Å². The minimum absolute atomic E-state index is 0.306. The second kappa shape index (κ2) is 6.48. The highest BCUT2D eigenvalue weighted by Gasteiger charge is 2.37. The number of aliphatic hydroxyl groups is 1. The van der Waals surface area contributed by atoms with Crippen LogP contribution in [0.3, 0.4) is 0 Å². The van der Waals surface area contributed by atoms with Crippen LogP contribution in [0.4, 0.5) is 0 Å². The Kier molecular flexibility index (Phi) is 5.25. The van der Waals surface area contributed by atoms with Gasteiger partial charge in [0.15, 0.2) is 0 Å². The maximum Gasteiger partial charge on any atom is 0.326 e. The van der Waals surface area contributed by atoms with Crippen molar-refractivity contribution in [1.82, 2.24) is 10.2 Å². The molecule has 1 saturated heterocycles. The number of nitrogens with zero attached hydrogens (tertiary/aromatic N) is 1. The molecule has 5 N–H and O–H groups in total. The average molecular weight is 273 g/mol. The molecular formula is C11H19N3O5. The summed E-state index contributed by atoms with van der Waals surface area (Å²) in [5, 5.41) is 20.5. The number of carbonyl (C=O) groups is 3. The fraction of sp³-hybridized carbons (Fsp3) is 0.727. The molecule has 0 unspecified atom stereocenters. The van der Waals surface area contributed by atoms with Crippen molar-refractivity contribution >= 4 is 17.8 Å². The summed E-state index contributed by atoms with van der Waals surface area (Å²) in [6.45, 7) is 1.16. The first-order chi connectivity index (χ1) is 8.88. The van der Waals surface area contributed by atoms with Crippen LogP contribution in [-0.4, -0.2) is 64.2 Å². The first-order valence-electron chi connectivity index (χ1n) is 6.08. The van der Waals surface area contributed by atoms with Gasteiger partial charge in [-0.05, 0) is 19.8 Å². The van der Waals surface area contributed by atoms with Gasteiger partial charge in [-0.2, -0.15) is 0 Å². The summed E-state index contributed by atoms with van der Waals surface area (Å²) >= 11 is 0. The summed E-state index contributed by atoms with van der Waals surface area (Å²) in [4.78, 5) is 35.7. The van der Waals surface area contributed by atoms with E-state index >= 15 is 0 Å². The van der Waals surface area contributed by atoms with Crippen molar-refractivity contribution in [3.8, 4) is 0 Å². The smallest absolute Gasteiger partial charge is 0.326 e. The maximum absolute atomic E-state index is 12.1. The second-order valence-corrected chi connectivity index (χ2v) is 4.56. The molecule has 2 amide bonds. The van der Waals surface area contributed by atoms with Crippen LogP contribution < -0.4 is 11.1 Å². The molecule has 0 radical (unpaired) electrons. The molecule has 1 heterocycles. The van der Waals surface area contributed by atoms with Crippen LogP contribution in [-0.2, 0) is 14.4 Å². The van der Waals surface area contributed by atoms with Crippen LogP contribution in [0.15, 0.2) is 0 Å². The van der Waals surface area contributed by atoms with Crippen molar-refractivity contribution in [2.45, 2.75) is 37.9 Å². The highest BCUT2D eigenvalue weighted by atomic mass is 16.4. The quantitative estimate of drug-likeness (QED) is 0.453. The topological polar surface area (TPSA) is 133 Å². The van der Waals surface area contributed by atoms with Crippen LogP contribution in [0, 0.1) is 0 Å². The number of hydrogen-bond donors (Lipinski definition) is 4. The van der Waals surface area contributed by atoms with E-state index in [0.717, 1.165) is 0 Å². The van der Waals surface area contributed by atoms with E-state index in [-0.39, 0.29) is 0 Å². The molecule has 0 aliphatic carbocycles. The van der Waals surface area contributed by atoms with Crippen LogP contribution in [0.5, 0.6) is 0 Å². The number of likely N-dealkylation sites (tertiary alicyclic amines) is 1. The molecule has 1 rings (SSSR count). The lowest BCUT2D eigenvalue weighted by Crippen LogP contribution is -2.55. The molecular weight excluding hydrogens is 254 g/mol. The number of carbonyl (C=O) groups excluding carboxylic acids is 2. The number of carboxylic acids is 1. The van der Waals surface area contributed by atoms with Crippen LogP contribution >= 0.6 is 0 Å². The fourth-order valence-corrected chi connectivity index (χ4v) is 1.98. The zero-order valence-corrected chi connectivity index (χ0v) is 10.7. The normalized spacial score (nSPS) is 21.8. The summed E-state index contributed by atoms with van der Waals surface area (Å²) in [6, 6.07) is -2.86. The third kappa shape index (κ3) is 3.65. The second-order valence-electron chi connectivity index (χ2n) is 4.56. The number of rotatable bonds is 5. The minimum atomic E-state index is -1.15. The van der Waals surface area contributed by atoms with Crippen molar-refractivity contribution < 1.29 is 24.6 Å². The van der Waals surface area contributed by atoms with Gasteiger partial charge in [-0.15, -0.1) is 0 Å². The molecule has 1 aliphatic rings. The molecule has 8 nitrogen and oxygen atoms in total. The molecule has 0 aromatic carbocycles. The Morgan fingerprint density at radius 1 is 1.47 bits per heavy atom. The first-order valence-corrected chi connectivity index (χ1v) is 6.08. The van der Waals surface area contributed by atoms with Gasteiger partial charge in [-0.25, -0.2) is 4.79 Å². The van der Waals surface area contributed by atoms with Crippen LogP contribution in [0.1, 0.15) is 19.8 Å². The summed E-state index contributed by atoms with van der Waals surface area (Å²) in [5.74, 6) is -2.25. The van der Waals surface area contributed by atoms with E-state index in [4.69, 9.17) is 15.9 Å². The third-order valence-corrected chi connectivity index (χ3v) is 3.03. The van der Waals surface area contributed by atoms with Gasteiger partial charge >= 0.3 is 5.97 Å². The van der Waals surface area contributed by atoms with Crippen LogP contribution in [0.25, 0.3) is 0 Å². The predicted molar refractivity (Wildman–Crippen MR) is 65.0 cm³/mol. The van der Waals surface area contributed by atoms with Crippen molar-refractivity contribution in [2.24, 2.45) is 5.73 Å². The van der Waals surface area contributed by atoms with E-state index in [1.54, 1.807) is 0 Å². The van der Waals surface area contributed by atoms with Gasteiger partial charge in [-0.3, -0.25) is 9.59 Å². The third-order valence-electron chi connectivity index (χ3n) is 3.03. The molecule has 19 heavy (non-hydrogen) atoms. The Morgan fingerprint density at radius 3 is 2.58 bits per heavy atom. The molecule has 1 aliphatic heterocycles. The number of nitrogens with one attached hydrogen (secondary N) is 1. The van der Waals surface area contributed by atoms with Gasteiger partial charge in [0.25, 0.3) is 0 Å². The van der Waals surface area contributed by atoms with Gasteiger partial charge in [0.1, 0.15) is 12.1 Å². The monoisotopic (exact) mass is 273 g/mol. The van der Waals surface area contributed by atoms with E-state index in [1.165, 1.54) is 11.8 Å². The molecule has 108 valence electrons. The lowest BCUT2D eigenvalue weighted by atomic mass is 10.2. The molecule has 0 aromatic heterocycles. The van der Waals surface area contributed by atoms with Gasteiger partial charge in [0, 0.05) is 6.54 Å². The number of nitrogens with two attached hydrogens (primary N) is 1. The van der Waals surface area contributed by atoms with Gasteiger partial charge in [0.05, 0.1) is 12.6 Å². The van der Waals surface area contributed by atoms with Crippen LogP contribution in [0.2, 0.25) is 0 Å². The number of hydrogen-bond acceptors (Lipinski definition) is 5. The SMILES string of the molecule is C[C@H](N)C(=O)N[C@@H](CO)C(=O)N1CCC[C@@H]1C(=O)O. The first kappa shape index (κ1) is 15.4. The molecule has 0 bridgehead atoms.